The minimum atomic E-state index is -0.887. The zero-order chi connectivity index (χ0) is 32.7. The third-order valence-electron chi connectivity index (χ3n) is 9.18. The van der Waals surface area contributed by atoms with Crippen molar-refractivity contribution in [2.75, 3.05) is 31.6 Å². The van der Waals surface area contributed by atoms with E-state index < -0.39 is 35.6 Å². The molecule has 1 aliphatic heterocycles. The van der Waals surface area contributed by atoms with Crippen LogP contribution in [-0.2, 0) is 25.7 Å². The molecule has 11 nitrogen and oxygen atoms in total. The lowest BCUT2D eigenvalue weighted by molar-refractivity contribution is -0.140. The summed E-state index contributed by atoms with van der Waals surface area (Å²) in [4.78, 5) is 54.4. The summed E-state index contributed by atoms with van der Waals surface area (Å²) >= 11 is 0. The summed E-state index contributed by atoms with van der Waals surface area (Å²) in [5, 5.41) is 12.6. The van der Waals surface area contributed by atoms with E-state index in [4.69, 9.17) is 4.74 Å². The number of amides is 4. The molecule has 1 saturated heterocycles. The molecule has 4 rings (SSSR count). The molecule has 2 fully saturated rings. The van der Waals surface area contributed by atoms with Gasteiger partial charge in [-0.05, 0) is 67.7 Å². The number of carbonyl (C=O) groups is 4. The van der Waals surface area contributed by atoms with Gasteiger partial charge in [0, 0.05) is 38.2 Å². The molecule has 2 heterocycles. The number of anilines is 1. The maximum atomic E-state index is 15.6. The first-order chi connectivity index (χ1) is 21.4. The van der Waals surface area contributed by atoms with Gasteiger partial charge >= 0.3 is 0 Å². The van der Waals surface area contributed by atoms with E-state index in [-0.39, 0.29) is 35.3 Å². The maximum absolute atomic E-state index is 15.6. The maximum Gasteiger partial charge on any atom is 0.270 e. The number of ether oxygens (including phenoxy) is 1. The Kier molecular flexibility index (Phi) is 11.4. The Morgan fingerprint density at radius 2 is 1.76 bits per heavy atom. The zero-order valence-electron chi connectivity index (χ0n) is 27.0. The Balaban J connectivity index is 1.53. The third kappa shape index (κ3) is 8.47. The molecule has 2 aromatic rings. The van der Waals surface area contributed by atoms with Gasteiger partial charge in [-0.1, -0.05) is 33.8 Å². The van der Waals surface area contributed by atoms with E-state index in [0.29, 0.717) is 44.1 Å². The van der Waals surface area contributed by atoms with Crippen molar-refractivity contribution in [2.45, 2.75) is 91.3 Å². The smallest absolute Gasteiger partial charge is 0.270 e. The predicted octanol–water partition coefficient (Wildman–Crippen LogP) is 3.85. The quantitative estimate of drug-likeness (QED) is 0.347. The van der Waals surface area contributed by atoms with E-state index in [1.165, 1.54) is 12.1 Å². The predicted molar refractivity (Wildman–Crippen MR) is 168 cm³/mol. The van der Waals surface area contributed by atoms with Gasteiger partial charge < -0.3 is 25.6 Å². The monoisotopic (exact) mass is 626 g/mol. The number of benzene rings is 1. The molecule has 12 heteroatoms. The van der Waals surface area contributed by atoms with Gasteiger partial charge in [0.15, 0.2) is 0 Å². The lowest BCUT2D eigenvalue weighted by Gasteiger charge is -2.37. The van der Waals surface area contributed by atoms with Crippen molar-refractivity contribution in [1.82, 2.24) is 25.3 Å². The standard InChI is InChI=1S/C33H47FN6O5/c1-6-27(41)37-28(32(44)39-16-18-45-19-17-39)21(3)23-8-9-25(24(34)20-23)36-31(43)29(22-10-13-33(4,5)14-11-22)38-30(42)26-12-15-35-40(26)7-2/h8-9,12,15,20-22,28-29H,6-7,10-11,13-14,16-19H2,1-5H3,(H,36,43)(H,37,41)(H,38,42)/t21-,28+,29-/m0/s1. The van der Waals surface area contributed by atoms with Crippen LogP contribution in [0.3, 0.4) is 0 Å². The Bertz CT molecular complexity index is 1360. The number of rotatable bonds is 11. The molecular formula is C33H47FN6O5. The molecule has 0 spiro atoms. The normalized spacial score (nSPS) is 18.8. The highest BCUT2D eigenvalue weighted by molar-refractivity contribution is 6.00. The molecule has 4 amide bonds. The molecule has 2 aliphatic rings. The van der Waals surface area contributed by atoms with Crippen molar-refractivity contribution in [3.8, 4) is 0 Å². The van der Waals surface area contributed by atoms with Crippen LogP contribution in [0.4, 0.5) is 10.1 Å². The number of aryl methyl sites for hydroxylation is 1. The zero-order valence-corrected chi connectivity index (χ0v) is 27.0. The molecule has 0 bridgehead atoms. The second kappa shape index (κ2) is 15.0. The van der Waals surface area contributed by atoms with Crippen LogP contribution in [0.15, 0.2) is 30.5 Å². The number of nitrogens with zero attached hydrogens (tertiary/aromatic N) is 3. The Morgan fingerprint density at radius 3 is 2.38 bits per heavy atom. The first-order valence-corrected chi connectivity index (χ1v) is 16.0. The Hall–Kier alpha value is -3.80. The van der Waals surface area contributed by atoms with Crippen molar-refractivity contribution in [3.63, 3.8) is 0 Å². The van der Waals surface area contributed by atoms with E-state index in [2.05, 4.69) is 34.9 Å². The van der Waals surface area contributed by atoms with Gasteiger partial charge in [0.2, 0.25) is 17.7 Å². The molecule has 0 unspecified atom stereocenters. The highest BCUT2D eigenvalue weighted by Crippen LogP contribution is 2.39. The van der Waals surface area contributed by atoms with Crippen molar-refractivity contribution in [2.24, 2.45) is 11.3 Å². The summed E-state index contributed by atoms with van der Waals surface area (Å²) < 4.78 is 22.5. The fourth-order valence-corrected chi connectivity index (χ4v) is 6.12. The minimum absolute atomic E-state index is 0.0291. The van der Waals surface area contributed by atoms with Crippen LogP contribution in [-0.4, -0.2) is 76.7 Å². The van der Waals surface area contributed by atoms with E-state index in [9.17, 15) is 19.2 Å². The average molecular weight is 627 g/mol. The van der Waals surface area contributed by atoms with Crippen LogP contribution < -0.4 is 16.0 Å². The molecule has 1 aliphatic carbocycles. The van der Waals surface area contributed by atoms with E-state index in [1.807, 2.05) is 6.92 Å². The summed E-state index contributed by atoms with van der Waals surface area (Å²) in [5.74, 6) is -2.76. The first-order valence-electron chi connectivity index (χ1n) is 16.0. The first kappa shape index (κ1) is 34.1. The number of hydrogen-bond acceptors (Lipinski definition) is 6. The second-order valence-electron chi connectivity index (χ2n) is 12.8. The number of carbonyl (C=O) groups excluding carboxylic acids is 4. The SMILES string of the molecule is CCC(=O)N[C@@H](C(=O)N1CCOCC1)[C@@H](C)c1ccc(NC(=O)[C@@H](NC(=O)c2ccnn2CC)C2CCC(C)(C)CC2)c(F)c1. The van der Waals surface area contributed by atoms with Gasteiger partial charge in [-0.25, -0.2) is 4.39 Å². The summed E-state index contributed by atoms with van der Waals surface area (Å²) in [7, 11) is 0. The third-order valence-corrected chi connectivity index (χ3v) is 9.18. The Labute approximate surface area is 264 Å². The topological polar surface area (TPSA) is 135 Å². The lowest BCUT2D eigenvalue weighted by Crippen LogP contribution is -2.53. The molecule has 246 valence electrons. The van der Waals surface area contributed by atoms with Gasteiger partial charge in [0.05, 0.1) is 18.9 Å². The van der Waals surface area contributed by atoms with Gasteiger partial charge in [-0.2, -0.15) is 5.10 Å². The summed E-state index contributed by atoms with van der Waals surface area (Å²) in [6.07, 6.45) is 5.06. The fraction of sp³-hybridized carbons (Fsp3) is 0.606. The number of aromatic nitrogens is 2. The van der Waals surface area contributed by atoms with Crippen molar-refractivity contribution < 1.29 is 28.3 Å². The summed E-state index contributed by atoms with van der Waals surface area (Å²) in [5.41, 5.74) is 0.977. The van der Waals surface area contributed by atoms with Gasteiger partial charge in [0.25, 0.3) is 5.91 Å². The fourth-order valence-electron chi connectivity index (χ4n) is 6.12. The average Bonchev–Trinajstić information content (AvgIpc) is 3.52. The van der Waals surface area contributed by atoms with Gasteiger partial charge in [0.1, 0.15) is 23.6 Å². The summed E-state index contributed by atoms with van der Waals surface area (Å²) in [6.45, 7) is 11.9. The minimum Gasteiger partial charge on any atom is -0.378 e. The molecule has 1 aromatic carbocycles. The van der Waals surface area contributed by atoms with Crippen molar-refractivity contribution in [3.05, 3.63) is 47.5 Å². The van der Waals surface area contributed by atoms with Crippen LogP contribution in [0.1, 0.15) is 88.7 Å². The van der Waals surface area contributed by atoms with Crippen molar-refractivity contribution in [1.29, 1.82) is 0 Å². The molecule has 1 saturated carbocycles. The second-order valence-corrected chi connectivity index (χ2v) is 12.8. The van der Waals surface area contributed by atoms with E-state index in [1.54, 1.807) is 41.8 Å². The van der Waals surface area contributed by atoms with Crippen LogP contribution >= 0.6 is 0 Å². The summed E-state index contributed by atoms with van der Waals surface area (Å²) in [6, 6.07) is 4.25. The molecule has 1 aromatic heterocycles. The molecular weight excluding hydrogens is 579 g/mol. The Morgan fingerprint density at radius 1 is 1.07 bits per heavy atom. The molecule has 3 atom stereocenters. The van der Waals surface area contributed by atoms with Crippen LogP contribution in [0.5, 0.6) is 0 Å². The number of halogens is 1. The number of morpholine rings is 1. The van der Waals surface area contributed by atoms with Crippen LogP contribution in [0.25, 0.3) is 0 Å². The molecule has 0 radical (unpaired) electrons. The number of hydrogen-bond donors (Lipinski definition) is 3. The highest BCUT2D eigenvalue weighted by Gasteiger charge is 2.37. The van der Waals surface area contributed by atoms with E-state index in [0.717, 1.165) is 25.7 Å². The molecule has 45 heavy (non-hydrogen) atoms. The van der Waals surface area contributed by atoms with Crippen LogP contribution in [0.2, 0.25) is 0 Å². The molecule has 3 N–H and O–H groups in total. The van der Waals surface area contributed by atoms with Gasteiger partial charge in [-0.15, -0.1) is 0 Å². The highest BCUT2D eigenvalue weighted by atomic mass is 19.1. The van der Waals surface area contributed by atoms with Gasteiger partial charge in [-0.3, -0.25) is 23.9 Å². The largest absolute Gasteiger partial charge is 0.378 e. The lowest BCUT2D eigenvalue weighted by atomic mass is 9.71. The van der Waals surface area contributed by atoms with Crippen molar-refractivity contribution >= 4 is 29.3 Å². The number of nitrogens with one attached hydrogen (secondary N) is 3. The van der Waals surface area contributed by atoms with Crippen LogP contribution in [0, 0.1) is 17.2 Å². The van der Waals surface area contributed by atoms with E-state index >= 15 is 4.39 Å².